The molecule has 0 fully saturated rings. The lowest BCUT2D eigenvalue weighted by Gasteiger charge is -2.07. The zero-order chi connectivity index (χ0) is 12.4. The Morgan fingerprint density at radius 2 is 1.82 bits per heavy atom. The summed E-state index contributed by atoms with van der Waals surface area (Å²) >= 11 is 20.8. The van der Waals surface area contributed by atoms with Gasteiger partial charge in [-0.25, -0.2) is 4.98 Å². The van der Waals surface area contributed by atoms with E-state index in [1.165, 1.54) is 6.20 Å². The van der Waals surface area contributed by atoms with E-state index >= 15 is 0 Å². The Hall–Kier alpha value is -0.480. The van der Waals surface area contributed by atoms with Crippen molar-refractivity contribution in [3.63, 3.8) is 0 Å². The third kappa shape index (κ3) is 3.26. The molecule has 0 aliphatic rings. The van der Waals surface area contributed by atoms with E-state index in [2.05, 4.69) is 20.9 Å². The molecule has 0 unspecified atom stereocenters. The normalized spacial score (nSPS) is 10.4. The molecular formula is C11H5BrCl3NO. The second-order valence-corrected chi connectivity index (χ2v) is 5.22. The number of hydrogen-bond acceptors (Lipinski definition) is 2. The molecule has 0 saturated heterocycles. The minimum absolute atomic E-state index is 0.410. The van der Waals surface area contributed by atoms with Gasteiger partial charge in [-0.05, 0) is 34.1 Å². The van der Waals surface area contributed by atoms with Gasteiger partial charge in [0.1, 0.15) is 5.75 Å². The lowest BCUT2D eigenvalue weighted by Crippen LogP contribution is -1.89. The van der Waals surface area contributed by atoms with Crippen LogP contribution in [0.2, 0.25) is 15.1 Å². The van der Waals surface area contributed by atoms with Gasteiger partial charge in [-0.3, -0.25) is 0 Å². The highest BCUT2D eigenvalue weighted by molar-refractivity contribution is 9.10. The maximum atomic E-state index is 5.88. The molecule has 0 amide bonds. The van der Waals surface area contributed by atoms with Gasteiger partial charge in [0.15, 0.2) is 0 Å². The van der Waals surface area contributed by atoms with Crippen molar-refractivity contribution in [3.8, 4) is 11.6 Å². The Kier molecular flexibility index (Phi) is 4.15. The van der Waals surface area contributed by atoms with Crippen LogP contribution in [0, 0.1) is 0 Å². The van der Waals surface area contributed by atoms with E-state index in [1.54, 1.807) is 24.3 Å². The summed E-state index contributed by atoms with van der Waals surface area (Å²) in [6.07, 6.45) is 1.50. The van der Waals surface area contributed by atoms with Crippen LogP contribution in [0.15, 0.2) is 34.9 Å². The van der Waals surface area contributed by atoms with Crippen molar-refractivity contribution < 1.29 is 4.74 Å². The third-order valence-electron chi connectivity index (χ3n) is 1.88. The number of pyridine rings is 1. The van der Waals surface area contributed by atoms with Crippen LogP contribution in [0.3, 0.4) is 0 Å². The molecule has 0 aliphatic heterocycles. The summed E-state index contributed by atoms with van der Waals surface area (Å²) in [5.74, 6) is 0.961. The van der Waals surface area contributed by atoms with Crippen LogP contribution in [-0.2, 0) is 0 Å². The number of benzene rings is 1. The Bertz CT molecular complexity index is 562. The summed E-state index contributed by atoms with van der Waals surface area (Å²) in [5, 5.41) is 1.43. The van der Waals surface area contributed by atoms with Crippen molar-refractivity contribution in [2.24, 2.45) is 0 Å². The smallest absolute Gasteiger partial charge is 0.233 e. The van der Waals surface area contributed by atoms with Gasteiger partial charge in [0.2, 0.25) is 5.88 Å². The van der Waals surface area contributed by atoms with Crippen molar-refractivity contribution in [1.82, 2.24) is 4.98 Å². The van der Waals surface area contributed by atoms with Gasteiger partial charge >= 0.3 is 0 Å². The number of rotatable bonds is 2. The molecule has 2 aromatic rings. The quantitative estimate of drug-likeness (QED) is 0.701. The number of halogens is 4. The summed E-state index contributed by atoms with van der Waals surface area (Å²) in [6, 6.07) is 6.67. The van der Waals surface area contributed by atoms with Gasteiger partial charge in [0, 0.05) is 12.3 Å². The average molecular weight is 353 g/mol. The highest BCUT2D eigenvalue weighted by atomic mass is 79.9. The minimum Gasteiger partial charge on any atom is -0.438 e. The van der Waals surface area contributed by atoms with Crippen molar-refractivity contribution in [2.45, 2.75) is 0 Å². The first-order chi connectivity index (χ1) is 8.06. The summed E-state index contributed by atoms with van der Waals surface area (Å²) < 4.78 is 6.20. The molecule has 17 heavy (non-hydrogen) atoms. The summed E-state index contributed by atoms with van der Waals surface area (Å²) in [7, 11) is 0. The maximum Gasteiger partial charge on any atom is 0.233 e. The van der Waals surface area contributed by atoms with E-state index < -0.39 is 0 Å². The van der Waals surface area contributed by atoms with Crippen molar-refractivity contribution >= 4 is 50.7 Å². The van der Waals surface area contributed by atoms with Gasteiger partial charge in [0.05, 0.1) is 19.5 Å². The van der Waals surface area contributed by atoms with Gasteiger partial charge in [-0.2, -0.15) is 0 Å². The first-order valence-corrected chi connectivity index (χ1v) is 6.43. The summed E-state index contributed by atoms with van der Waals surface area (Å²) in [5.41, 5.74) is 0. The van der Waals surface area contributed by atoms with E-state index in [-0.39, 0.29) is 0 Å². The molecule has 2 rings (SSSR count). The maximum absolute atomic E-state index is 5.88. The molecule has 0 saturated carbocycles. The van der Waals surface area contributed by atoms with Crippen LogP contribution in [0.5, 0.6) is 11.6 Å². The number of ether oxygens (including phenoxy) is 1. The minimum atomic E-state index is 0.410. The molecule has 0 radical (unpaired) electrons. The Morgan fingerprint density at radius 3 is 2.47 bits per heavy atom. The van der Waals surface area contributed by atoms with E-state index in [9.17, 15) is 0 Å². The Morgan fingerprint density at radius 1 is 1.06 bits per heavy atom. The van der Waals surface area contributed by atoms with Crippen LogP contribution < -0.4 is 4.74 Å². The lowest BCUT2D eigenvalue weighted by molar-refractivity contribution is 0.460. The lowest BCUT2D eigenvalue weighted by atomic mass is 10.3. The molecule has 0 aliphatic carbocycles. The molecule has 1 aromatic heterocycles. The number of aromatic nitrogens is 1. The first-order valence-electron chi connectivity index (χ1n) is 4.50. The summed E-state index contributed by atoms with van der Waals surface area (Å²) in [4.78, 5) is 4.05. The number of hydrogen-bond donors (Lipinski definition) is 0. The topological polar surface area (TPSA) is 22.1 Å². The van der Waals surface area contributed by atoms with E-state index in [1.807, 2.05) is 0 Å². The molecule has 0 atom stereocenters. The van der Waals surface area contributed by atoms with Crippen LogP contribution in [0.1, 0.15) is 0 Å². The molecule has 0 bridgehead atoms. The first kappa shape index (κ1) is 13.0. The van der Waals surface area contributed by atoms with Gasteiger partial charge in [-0.1, -0.05) is 34.8 Å². The molecule has 0 spiro atoms. The second kappa shape index (κ2) is 5.44. The van der Waals surface area contributed by atoms with E-state index in [0.717, 1.165) is 0 Å². The van der Waals surface area contributed by atoms with Crippen LogP contribution >= 0.6 is 50.7 Å². The van der Waals surface area contributed by atoms with Crippen molar-refractivity contribution in [1.29, 1.82) is 0 Å². The molecule has 1 heterocycles. The highest BCUT2D eigenvalue weighted by Gasteiger charge is 2.06. The fourth-order valence-electron chi connectivity index (χ4n) is 1.13. The van der Waals surface area contributed by atoms with Gasteiger partial charge < -0.3 is 4.74 Å². The second-order valence-electron chi connectivity index (χ2n) is 3.12. The van der Waals surface area contributed by atoms with Crippen molar-refractivity contribution in [2.75, 3.05) is 0 Å². The SMILES string of the molecule is Clc1cnc(Oc2ccc(Cl)c(Cl)c2)c(Br)c1. The number of nitrogens with zero attached hydrogens (tertiary/aromatic N) is 1. The standard InChI is InChI=1S/C11H5BrCl3NO/c12-8-3-6(13)5-16-11(8)17-7-1-2-9(14)10(15)4-7/h1-5H. The predicted octanol–water partition coefficient (Wildman–Crippen LogP) is 5.60. The Balaban J connectivity index is 2.28. The van der Waals surface area contributed by atoms with Gasteiger partial charge in [-0.15, -0.1) is 0 Å². The molecule has 0 N–H and O–H groups in total. The van der Waals surface area contributed by atoms with Crippen LogP contribution in [-0.4, -0.2) is 4.98 Å². The zero-order valence-corrected chi connectivity index (χ0v) is 12.1. The van der Waals surface area contributed by atoms with E-state index in [0.29, 0.717) is 31.2 Å². The molecule has 2 nitrogen and oxygen atoms in total. The molecule has 6 heteroatoms. The predicted molar refractivity (Wildman–Crippen MR) is 73.5 cm³/mol. The fourth-order valence-corrected chi connectivity index (χ4v) is 2.14. The van der Waals surface area contributed by atoms with Crippen LogP contribution in [0.4, 0.5) is 0 Å². The fraction of sp³-hybridized carbons (Fsp3) is 0. The van der Waals surface area contributed by atoms with E-state index in [4.69, 9.17) is 39.5 Å². The Labute approximate surface area is 122 Å². The zero-order valence-electron chi connectivity index (χ0n) is 8.25. The highest BCUT2D eigenvalue weighted by Crippen LogP contribution is 2.32. The van der Waals surface area contributed by atoms with Gasteiger partial charge in [0.25, 0.3) is 0 Å². The summed E-state index contributed by atoms with van der Waals surface area (Å²) in [6.45, 7) is 0. The average Bonchev–Trinajstić information content (AvgIpc) is 2.27. The third-order valence-corrected chi connectivity index (χ3v) is 3.39. The molecular weight excluding hydrogens is 348 g/mol. The monoisotopic (exact) mass is 351 g/mol. The molecule has 88 valence electrons. The molecule has 1 aromatic carbocycles. The largest absolute Gasteiger partial charge is 0.438 e. The van der Waals surface area contributed by atoms with Crippen LogP contribution in [0.25, 0.3) is 0 Å². The van der Waals surface area contributed by atoms with Crippen molar-refractivity contribution in [3.05, 3.63) is 50.0 Å².